The molecule has 33 heavy (non-hydrogen) atoms. The first-order valence-corrected chi connectivity index (χ1v) is 11.1. The van der Waals surface area contributed by atoms with E-state index >= 15 is 0 Å². The highest BCUT2D eigenvalue weighted by atomic mass is 16.6. The largest absolute Gasteiger partial charge is 0.454 e. The van der Waals surface area contributed by atoms with E-state index in [2.05, 4.69) is 6.58 Å². The highest BCUT2D eigenvalue weighted by Gasteiger charge is 2.57. The molecule has 2 aliphatic rings. The second-order valence-electron chi connectivity index (χ2n) is 9.48. The summed E-state index contributed by atoms with van der Waals surface area (Å²) in [5, 5.41) is 21.9. The van der Waals surface area contributed by atoms with Crippen LogP contribution in [0.15, 0.2) is 23.8 Å². The maximum atomic E-state index is 13.3. The molecular formula is C24H34O9. The van der Waals surface area contributed by atoms with Crippen molar-refractivity contribution in [2.24, 2.45) is 17.8 Å². The van der Waals surface area contributed by atoms with Gasteiger partial charge in [-0.05, 0) is 27.2 Å². The predicted octanol–water partition coefficient (Wildman–Crippen LogP) is 1.64. The van der Waals surface area contributed by atoms with Crippen molar-refractivity contribution >= 4 is 23.7 Å². The normalized spacial score (nSPS) is 35.7. The number of rotatable bonds is 4. The fourth-order valence-corrected chi connectivity index (χ4v) is 4.14. The Balaban J connectivity index is 2.65. The zero-order valence-electron chi connectivity index (χ0n) is 20.0. The van der Waals surface area contributed by atoms with E-state index in [-0.39, 0.29) is 24.0 Å². The number of allylic oxidation sites excluding steroid dienone is 1. The van der Waals surface area contributed by atoms with E-state index in [4.69, 9.17) is 14.2 Å². The lowest BCUT2D eigenvalue weighted by Crippen LogP contribution is -2.57. The van der Waals surface area contributed by atoms with Gasteiger partial charge in [-0.1, -0.05) is 33.4 Å². The summed E-state index contributed by atoms with van der Waals surface area (Å²) in [7, 11) is 0. The molecule has 9 heteroatoms. The highest BCUT2D eigenvalue weighted by Crippen LogP contribution is 2.41. The van der Waals surface area contributed by atoms with Gasteiger partial charge in [0.25, 0.3) is 0 Å². The van der Waals surface area contributed by atoms with Crippen molar-refractivity contribution in [2.45, 2.75) is 84.4 Å². The molecule has 0 spiro atoms. The van der Waals surface area contributed by atoms with Gasteiger partial charge in [-0.15, -0.1) is 0 Å². The Labute approximate surface area is 193 Å². The van der Waals surface area contributed by atoms with Crippen LogP contribution < -0.4 is 0 Å². The number of Topliss-reactive ketones (excluding diaryl/α,β-unsaturated/α-hetero) is 1. The van der Waals surface area contributed by atoms with Crippen LogP contribution in [0.1, 0.15) is 54.4 Å². The van der Waals surface area contributed by atoms with Gasteiger partial charge in [-0.3, -0.25) is 9.59 Å². The summed E-state index contributed by atoms with van der Waals surface area (Å²) in [6.45, 7) is 13.0. The summed E-state index contributed by atoms with van der Waals surface area (Å²) in [5.74, 6) is -5.31. The molecule has 9 nitrogen and oxygen atoms in total. The summed E-state index contributed by atoms with van der Waals surface area (Å²) < 4.78 is 16.5. The summed E-state index contributed by atoms with van der Waals surface area (Å²) >= 11 is 0. The fraction of sp³-hybridized carbons (Fsp3) is 0.667. The highest BCUT2D eigenvalue weighted by molar-refractivity contribution is 5.95. The van der Waals surface area contributed by atoms with Crippen LogP contribution in [0.3, 0.4) is 0 Å². The lowest BCUT2D eigenvalue weighted by Gasteiger charge is -2.41. The topological polar surface area (TPSA) is 136 Å². The molecule has 1 saturated heterocycles. The molecule has 0 unspecified atom stereocenters. The quantitative estimate of drug-likeness (QED) is 0.360. The molecule has 1 aliphatic heterocycles. The molecule has 184 valence electrons. The molecule has 0 aromatic heterocycles. The minimum atomic E-state index is -1.84. The van der Waals surface area contributed by atoms with Gasteiger partial charge in [0.1, 0.15) is 5.60 Å². The molecule has 0 aromatic carbocycles. The van der Waals surface area contributed by atoms with Crippen LogP contribution in [0.4, 0.5) is 0 Å². The van der Waals surface area contributed by atoms with Crippen molar-refractivity contribution < 1.29 is 43.6 Å². The number of ketones is 1. The molecule has 0 radical (unpaired) electrons. The van der Waals surface area contributed by atoms with Crippen molar-refractivity contribution in [1.82, 2.24) is 0 Å². The summed E-state index contributed by atoms with van der Waals surface area (Å²) in [5.41, 5.74) is -1.72. The predicted molar refractivity (Wildman–Crippen MR) is 117 cm³/mol. The number of aliphatic hydroxyl groups is 2. The summed E-state index contributed by atoms with van der Waals surface area (Å²) in [4.78, 5) is 50.9. The fourth-order valence-electron chi connectivity index (χ4n) is 4.14. The molecule has 1 aliphatic carbocycles. The van der Waals surface area contributed by atoms with Gasteiger partial charge in [0.15, 0.2) is 24.1 Å². The first kappa shape index (κ1) is 26.7. The number of hydrogen-bond donors (Lipinski definition) is 2. The third-order valence-electron chi connectivity index (χ3n) is 6.24. The second kappa shape index (κ2) is 10.2. The summed E-state index contributed by atoms with van der Waals surface area (Å²) in [6.07, 6.45) is -4.20. The van der Waals surface area contributed by atoms with Crippen LogP contribution in [0.5, 0.6) is 0 Å². The average Bonchev–Trinajstić information content (AvgIpc) is 3.01. The van der Waals surface area contributed by atoms with E-state index in [9.17, 15) is 29.4 Å². The monoisotopic (exact) mass is 466 g/mol. The Bertz CT molecular complexity index is 854. The zero-order valence-corrected chi connectivity index (χ0v) is 20.0. The van der Waals surface area contributed by atoms with Crippen LogP contribution in [0.2, 0.25) is 0 Å². The van der Waals surface area contributed by atoms with Gasteiger partial charge in [0.2, 0.25) is 0 Å². The molecule has 2 fully saturated rings. The number of aliphatic hydroxyl groups excluding tert-OH is 1. The first-order chi connectivity index (χ1) is 15.2. The average molecular weight is 467 g/mol. The number of carbonyl (C=O) groups is 4. The molecule has 2 N–H and O–H groups in total. The van der Waals surface area contributed by atoms with Gasteiger partial charge >= 0.3 is 17.9 Å². The molecule has 0 aromatic rings. The summed E-state index contributed by atoms with van der Waals surface area (Å²) in [6, 6.07) is 0. The Kier molecular flexibility index (Phi) is 8.24. The van der Waals surface area contributed by atoms with Gasteiger partial charge in [-0.2, -0.15) is 0 Å². The maximum absolute atomic E-state index is 13.3. The Morgan fingerprint density at radius 2 is 1.88 bits per heavy atom. The van der Waals surface area contributed by atoms with Crippen molar-refractivity contribution in [3.63, 3.8) is 0 Å². The SMILES string of the molecule is C=C1C(=O)O[C@@H]2[C@@H]1[C@H](OC(=O)C(C)C)C(=O)[C@@H](C)C[C@H](O)C[C@@](C)(O)[C@H]2OC(=O)/C(C)=C\C. The van der Waals surface area contributed by atoms with E-state index in [1.807, 2.05) is 0 Å². The van der Waals surface area contributed by atoms with Gasteiger partial charge in [-0.25, -0.2) is 9.59 Å². The van der Waals surface area contributed by atoms with Crippen LogP contribution >= 0.6 is 0 Å². The van der Waals surface area contributed by atoms with Crippen LogP contribution in [-0.4, -0.2) is 63.9 Å². The lowest BCUT2D eigenvalue weighted by atomic mass is 9.75. The maximum Gasteiger partial charge on any atom is 0.334 e. The first-order valence-electron chi connectivity index (χ1n) is 11.1. The Hall–Kier alpha value is -2.52. The van der Waals surface area contributed by atoms with E-state index < -0.39 is 71.5 Å². The minimum absolute atomic E-state index is 0.0298. The molecule has 2 rings (SSSR count). The number of ether oxygens (including phenoxy) is 3. The molecule has 7 atom stereocenters. The van der Waals surface area contributed by atoms with Crippen molar-refractivity contribution in [3.8, 4) is 0 Å². The van der Waals surface area contributed by atoms with E-state index in [1.165, 1.54) is 19.9 Å². The van der Waals surface area contributed by atoms with Crippen molar-refractivity contribution in [2.75, 3.05) is 0 Å². The number of hydrogen-bond acceptors (Lipinski definition) is 9. The van der Waals surface area contributed by atoms with Crippen molar-refractivity contribution in [1.29, 1.82) is 0 Å². The Morgan fingerprint density at radius 1 is 1.27 bits per heavy atom. The smallest absolute Gasteiger partial charge is 0.334 e. The van der Waals surface area contributed by atoms with E-state index in [1.54, 1.807) is 27.7 Å². The van der Waals surface area contributed by atoms with Gasteiger partial charge in [0, 0.05) is 23.5 Å². The number of fused-ring (bicyclic) bond motifs is 1. The van der Waals surface area contributed by atoms with Crippen LogP contribution in [0, 0.1) is 17.8 Å². The Morgan fingerprint density at radius 3 is 2.42 bits per heavy atom. The molecule has 1 heterocycles. The van der Waals surface area contributed by atoms with Gasteiger partial charge < -0.3 is 24.4 Å². The zero-order chi connectivity index (χ0) is 25.2. The third kappa shape index (κ3) is 5.70. The van der Waals surface area contributed by atoms with Crippen LogP contribution in [0.25, 0.3) is 0 Å². The second-order valence-corrected chi connectivity index (χ2v) is 9.48. The molecule has 1 saturated carbocycles. The standard InChI is InChI=1S/C24H34O9/c1-8-12(4)22(28)33-20-19-16(14(6)23(29)32-19)18(31-21(27)11(2)3)17(26)13(5)9-15(25)10-24(20,7)30/h8,11,13,15-16,18-20,25,30H,6,9-10H2,1-5,7H3/b12-8-/t13-,15-,16-,18-,19+,20-,24+/m0/s1. The van der Waals surface area contributed by atoms with E-state index in [0.29, 0.717) is 0 Å². The number of esters is 3. The third-order valence-corrected chi connectivity index (χ3v) is 6.24. The lowest BCUT2D eigenvalue weighted by molar-refractivity contribution is -0.195. The van der Waals surface area contributed by atoms with E-state index in [0.717, 1.165) is 0 Å². The van der Waals surface area contributed by atoms with Gasteiger partial charge in [0.05, 0.1) is 17.9 Å². The molecular weight excluding hydrogens is 432 g/mol. The molecule has 0 bridgehead atoms. The van der Waals surface area contributed by atoms with Crippen LogP contribution in [-0.2, 0) is 33.4 Å². The minimum Gasteiger partial charge on any atom is -0.454 e. The molecule has 0 amide bonds. The number of carbonyl (C=O) groups excluding carboxylic acids is 4. The van der Waals surface area contributed by atoms with Crippen molar-refractivity contribution in [3.05, 3.63) is 23.8 Å².